The number of halogens is 4. The highest BCUT2D eigenvalue weighted by Crippen LogP contribution is 2.46. The summed E-state index contributed by atoms with van der Waals surface area (Å²) in [6, 6.07) is 11.1. The van der Waals surface area contributed by atoms with Crippen LogP contribution in [0.1, 0.15) is 12.0 Å². The van der Waals surface area contributed by atoms with Crippen LogP contribution < -0.4 is 5.32 Å². The van der Waals surface area contributed by atoms with E-state index in [0.29, 0.717) is 6.07 Å². The van der Waals surface area contributed by atoms with Crippen LogP contribution in [-0.2, 0) is 11.3 Å². The first kappa shape index (κ1) is 20.7. The van der Waals surface area contributed by atoms with Crippen molar-refractivity contribution in [2.24, 2.45) is 5.41 Å². The van der Waals surface area contributed by atoms with Crippen LogP contribution >= 0.6 is 0 Å². The maximum atomic E-state index is 13.9. The van der Waals surface area contributed by atoms with E-state index in [-0.39, 0.29) is 13.1 Å². The molecule has 2 aromatic rings. The van der Waals surface area contributed by atoms with Crippen LogP contribution in [-0.4, -0.2) is 35.0 Å². The summed E-state index contributed by atoms with van der Waals surface area (Å²) in [7, 11) is 0. The first-order chi connectivity index (χ1) is 13.6. The molecule has 0 radical (unpaired) electrons. The lowest BCUT2D eigenvalue weighted by molar-refractivity contribution is -0.384. The molecule has 0 aromatic heterocycles. The molecule has 2 aromatic carbocycles. The third-order valence-corrected chi connectivity index (χ3v) is 4.98. The van der Waals surface area contributed by atoms with Crippen molar-refractivity contribution in [1.82, 2.24) is 4.90 Å². The first-order valence-corrected chi connectivity index (χ1v) is 8.71. The standard InChI is InChI=1S/C19H17F4N3O3/c20-15-7-6-14(26(28)29)10-16(15)24-17(27)18(19(21,22)23)8-9-25(12-18)11-13-4-2-1-3-5-13/h1-7,10H,8-9,11-12H2,(H,24,27). The molecule has 1 aliphatic rings. The number of carbonyl (C=O) groups excluding carboxylic acids is 1. The van der Waals surface area contributed by atoms with Crippen LogP contribution in [0.3, 0.4) is 0 Å². The zero-order valence-electron chi connectivity index (χ0n) is 15.1. The largest absolute Gasteiger partial charge is 0.404 e. The lowest BCUT2D eigenvalue weighted by Gasteiger charge is -2.30. The van der Waals surface area contributed by atoms with E-state index in [1.165, 1.54) is 4.90 Å². The highest BCUT2D eigenvalue weighted by atomic mass is 19.4. The monoisotopic (exact) mass is 411 g/mol. The van der Waals surface area contributed by atoms with E-state index >= 15 is 0 Å². The lowest BCUT2D eigenvalue weighted by atomic mass is 9.85. The number of hydrogen-bond acceptors (Lipinski definition) is 4. The van der Waals surface area contributed by atoms with Gasteiger partial charge in [0.1, 0.15) is 5.82 Å². The summed E-state index contributed by atoms with van der Waals surface area (Å²) >= 11 is 0. The Labute approximate surface area is 163 Å². The van der Waals surface area contributed by atoms with E-state index in [1.807, 2.05) is 5.32 Å². The minimum atomic E-state index is -4.88. The van der Waals surface area contributed by atoms with Crippen molar-refractivity contribution in [2.75, 3.05) is 18.4 Å². The molecule has 0 bridgehead atoms. The number of rotatable bonds is 5. The molecule has 0 spiro atoms. The van der Waals surface area contributed by atoms with E-state index in [2.05, 4.69) is 0 Å². The minimum absolute atomic E-state index is 0.0270. The van der Waals surface area contributed by atoms with Crippen LogP contribution in [0.5, 0.6) is 0 Å². The second-order valence-corrected chi connectivity index (χ2v) is 6.90. The normalized spacial score (nSPS) is 19.9. The Morgan fingerprint density at radius 3 is 2.52 bits per heavy atom. The first-order valence-electron chi connectivity index (χ1n) is 8.71. The van der Waals surface area contributed by atoms with Gasteiger partial charge >= 0.3 is 6.18 Å². The minimum Gasteiger partial charge on any atom is -0.323 e. The van der Waals surface area contributed by atoms with Gasteiger partial charge in [0.05, 0.1) is 10.6 Å². The number of nitrogens with one attached hydrogen (secondary N) is 1. The number of nitro groups is 1. The lowest BCUT2D eigenvalue weighted by Crippen LogP contribution is -2.50. The zero-order valence-corrected chi connectivity index (χ0v) is 15.1. The Hall–Kier alpha value is -3.01. The molecule has 1 N–H and O–H groups in total. The van der Waals surface area contributed by atoms with Crippen molar-refractivity contribution in [2.45, 2.75) is 19.1 Å². The molecule has 154 valence electrons. The van der Waals surface area contributed by atoms with Crippen LogP contribution in [0.4, 0.5) is 28.9 Å². The fourth-order valence-corrected chi connectivity index (χ4v) is 3.38. The summed E-state index contributed by atoms with van der Waals surface area (Å²) in [4.78, 5) is 24.1. The van der Waals surface area contributed by atoms with Crippen LogP contribution in [0, 0.1) is 21.3 Å². The average molecular weight is 411 g/mol. The fraction of sp³-hybridized carbons (Fsp3) is 0.316. The Morgan fingerprint density at radius 1 is 1.21 bits per heavy atom. The number of alkyl halides is 3. The molecule has 1 unspecified atom stereocenters. The predicted molar refractivity (Wildman–Crippen MR) is 96.5 cm³/mol. The number of hydrogen-bond donors (Lipinski definition) is 1. The molecule has 3 rings (SSSR count). The van der Waals surface area contributed by atoms with E-state index in [1.54, 1.807) is 30.3 Å². The van der Waals surface area contributed by atoms with Crippen molar-refractivity contribution < 1.29 is 27.3 Å². The third kappa shape index (κ3) is 4.21. The van der Waals surface area contributed by atoms with Crippen molar-refractivity contribution in [1.29, 1.82) is 0 Å². The van der Waals surface area contributed by atoms with Crippen molar-refractivity contribution in [3.63, 3.8) is 0 Å². The van der Waals surface area contributed by atoms with Crippen molar-refractivity contribution in [3.8, 4) is 0 Å². The van der Waals surface area contributed by atoms with Crippen LogP contribution in [0.15, 0.2) is 48.5 Å². The second kappa shape index (κ2) is 7.78. The maximum absolute atomic E-state index is 13.9. The van der Waals surface area contributed by atoms with Crippen molar-refractivity contribution in [3.05, 3.63) is 70.0 Å². The van der Waals surface area contributed by atoms with Gasteiger partial charge in [-0.2, -0.15) is 13.2 Å². The number of nitro benzene ring substituents is 1. The summed E-state index contributed by atoms with van der Waals surface area (Å²) in [6.45, 7) is -0.329. The van der Waals surface area contributed by atoms with Crippen molar-refractivity contribution >= 4 is 17.3 Å². The predicted octanol–water partition coefficient (Wildman–Crippen LogP) is 4.13. The molecule has 6 nitrogen and oxygen atoms in total. The molecule has 1 heterocycles. The van der Waals surface area contributed by atoms with E-state index in [9.17, 15) is 32.5 Å². The van der Waals surface area contributed by atoms with Gasteiger partial charge in [-0.05, 0) is 24.6 Å². The van der Waals surface area contributed by atoms with E-state index < -0.39 is 52.6 Å². The molecule has 1 fully saturated rings. The highest BCUT2D eigenvalue weighted by molar-refractivity contribution is 5.96. The van der Waals surface area contributed by atoms with Gasteiger partial charge in [-0.1, -0.05) is 30.3 Å². The zero-order chi connectivity index (χ0) is 21.2. The maximum Gasteiger partial charge on any atom is 0.404 e. The number of non-ortho nitro benzene ring substituents is 1. The van der Waals surface area contributed by atoms with E-state index in [4.69, 9.17) is 0 Å². The van der Waals surface area contributed by atoms with Gasteiger partial charge in [0.15, 0.2) is 5.41 Å². The fourth-order valence-electron chi connectivity index (χ4n) is 3.38. The molecule has 1 aliphatic heterocycles. The third-order valence-electron chi connectivity index (χ3n) is 4.98. The SMILES string of the molecule is O=C(Nc1cc([N+](=O)[O-])ccc1F)C1(C(F)(F)F)CCN(Cc2ccccc2)C1. The molecule has 0 saturated carbocycles. The average Bonchev–Trinajstić information content (AvgIpc) is 3.09. The Bertz CT molecular complexity index is 921. The van der Waals surface area contributed by atoms with Gasteiger partial charge in [-0.3, -0.25) is 19.8 Å². The molecule has 10 heteroatoms. The van der Waals surface area contributed by atoms with Crippen LogP contribution in [0.25, 0.3) is 0 Å². The summed E-state index contributed by atoms with van der Waals surface area (Å²) in [5.41, 5.74) is -3.14. The van der Waals surface area contributed by atoms with Crippen LogP contribution in [0.2, 0.25) is 0 Å². The number of carbonyl (C=O) groups is 1. The second-order valence-electron chi connectivity index (χ2n) is 6.90. The smallest absolute Gasteiger partial charge is 0.323 e. The number of benzene rings is 2. The number of amides is 1. The Kier molecular flexibility index (Phi) is 5.56. The molecular formula is C19H17F4N3O3. The highest BCUT2D eigenvalue weighted by Gasteiger charge is 2.63. The summed E-state index contributed by atoms with van der Waals surface area (Å²) < 4.78 is 55.6. The van der Waals surface area contributed by atoms with Gasteiger partial charge in [0, 0.05) is 25.2 Å². The van der Waals surface area contributed by atoms with Gasteiger partial charge in [0.25, 0.3) is 5.69 Å². The molecule has 1 saturated heterocycles. The Morgan fingerprint density at radius 2 is 1.90 bits per heavy atom. The van der Waals surface area contributed by atoms with Gasteiger partial charge in [-0.15, -0.1) is 0 Å². The molecular weight excluding hydrogens is 394 g/mol. The quantitative estimate of drug-likeness (QED) is 0.456. The van der Waals surface area contributed by atoms with Gasteiger partial charge in [0.2, 0.25) is 5.91 Å². The number of likely N-dealkylation sites (tertiary alicyclic amines) is 1. The molecule has 29 heavy (non-hydrogen) atoms. The summed E-state index contributed by atoms with van der Waals surface area (Å²) in [6.07, 6.45) is -5.37. The summed E-state index contributed by atoms with van der Waals surface area (Å²) in [5, 5.41) is 12.7. The topological polar surface area (TPSA) is 75.5 Å². The summed E-state index contributed by atoms with van der Waals surface area (Å²) in [5.74, 6) is -2.49. The van der Waals surface area contributed by atoms with Gasteiger partial charge < -0.3 is 5.32 Å². The molecule has 0 aliphatic carbocycles. The molecule has 1 amide bonds. The Balaban J connectivity index is 1.83. The number of anilines is 1. The van der Waals surface area contributed by atoms with Gasteiger partial charge in [-0.25, -0.2) is 4.39 Å². The molecule has 1 atom stereocenters. The number of nitrogens with zero attached hydrogens (tertiary/aromatic N) is 2. The van der Waals surface area contributed by atoms with E-state index in [0.717, 1.165) is 17.7 Å².